The summed E-state index contributed by atoms with van der Waals surface area (Å²) < 4.78 is 70.9. The van der Waals surface area contributed by atoms with E-state index in [9.17, 15) is 22.4 Å². The smallest absolute Gasteiger partial charge is 0.269 e. The Hall–Kier alpha value is -2.44. The Morgan fingerprint density at radius 2 is 1.76 bits per heavy atom. The van der Waals surface area contributed by atoms with Crippen molar-refractivity contribution in [3.63, 3.8) is 0 Å². The predicted octanol–water partition coefficient (Wildman–Crippen LogP) is 5.45. The fourth-order valence-electron chi connectivity index (χ4n) is 3.79. The fourth-order valence-corrected chi connectivity index (χ4v) is 3.79. The van der Waals surface area contributed by atoms with Crippen LogP contribution < -0.4 is 0 Å². The lowest BCUT2D eigenvalue weighted by Gasteiger charge is -2.28. The Morgan fingerprint density at radius 1 is 1.14 bits per heavy atom. The highest BCUT2D eigenvalue weighted by Crippen LogP contribution is 2.40. The van der Waals surface area contributed by atoms with Crippen LogP contribution in [-0.2, 0) is 11.2 Å². The molecule has 1 aliphatic heterocycles. The van der Waals surface area contributed by atoms with Crippen LogP contribution in [0.3, 0.4) is 0 Å². The topological polar surface area (TPSA) is 20.3 Å². The van der Waals surface area contributed by atoms with E-state index in [0.717, 1.165) is 17.0 Å². The zero-order valence-corrected chi connectivity index (χ0v) is 16.4. The highest BCUT2D eigenvalue weighted by Gasteiger charge is 2.53. The summed E-state index contributed by atoms with van der Waals surface area (Å²) >= 11 is 0. The molecule has 1 heterocycles. The summed E-state index contributed by atoms with van der Waals surface area (Å²) in [6.07, 6.45) is -0.118. The van der Waals surface area contributed by atoms with Crippen molar-refractivity contribution in [1.29, 1.82) is 0 Å². The number of benzene rings is 2. The normalized spacial score (nSPS) is 21.1. The van der Waals surface area contributed by atoms with Gasteiger partial charge >= 0.3 is 0 Å². The number of nitrogens with zero attached hydrogens (tertiary/aromatic N) is 1. The highest BCUT2D eigenvalue weighted by atomic mass is 19.3. The molecule has 0 N–H and O–H groups in total. The van der Waals surface area contributed by atoms with Gasteiger partial charge in [-0.3, -0.25) is 4.79 Å². The van der Waals surface area contributed by atoms with E-state index in [4.69, 9.17) is 0 Å². The third-order valence-electron chi connectivity index (χ3n) is 5.48. The van der Waals surface area contributed by atoms with Crippen LogP contribution in [-0.4, -0.2) is 29.3 Å². The van der Waals surface area contributed by atoms with Crippen LogP contribution in [0.15, 0.2) is 36.4 Å². The fraction of sp³-hybridized carbons (Fsp3) is 0.409. The lowest BCUT2D eigenvalue weighted by Crippen LogP contribution is -2.41. The molecule has 7 heteroatoms. The van der Waals surface area contributed by atoms with Crippen molar-refractivity contribution < 1.29 is 26.7 Å². The minimum absolute atomic E-state index is 0.0155. The van der Waals surface area contributed by atoms with Crippen molar-refractivity contribution in [2.75, 3.05) is 6.54 Å². The summed E-state index contributed by atoms with van der Waals surface area (Å²) in [5, 5.41) is 0. The quantitative estimate of drug-likeness (QED) is 0.613. The standard InChI is InChI=1S/C22H22F5NO/c1-12(2)21(29)28-11-22(26,27)13(3)19(28)9-14-5-4-6-18(20(14)25)15-7-16(23)10-17(24)8-15/h4-8,10,12-13,19H,9,11H2,1-3H3/t13-,19+/m1/s1. The van der Waals surface area contributed by atoms with Crippen molar-refractivity contribution in [2.45, 2.75) is 39.2 Å². The molecule has 1 fully saturated rings. The first kappa shape index (κ1) is 21.3. The van der Waals surface area contributed by atoms with Crippen LogP contribution in [0.4, 0.5) is 22.0 Å². The molecule has 2 nitrogen and oxygen atoms in total. The number of carbonyl (C=O) groups is 1. The maximum absolute atomic E-state index is 15.1. The molecule has 3 rings (SSSR count). The van der Waals surface area contributed by atoms with Crippen molar-refractivity contribution in [1.82, 2.24) is 4.90 Å². The van der Waals surface area contributed by atoms with Gasteiger partial charge in [-0.2, -0.15) is 0 Å². The zero-order valence-electron chi connectivity index (χ0n) is 16.4. The first-order valence-corrected chi connectivity index (χ1v) is 9.43. The van der Waals surface area contributed by atoms with Crippen LogP contribution in [0, 0.1) is 29.3 Å². The number of halogens is 5. The second-order valence-corrected chi connectivity index (χ2v) is 7.88. The van der Waals surface area contributed by atoms with Crippen LogP contribution in [0.25, 0.3) is 11.1 Å². The average molecular weight is 411 g/mol. The Morgan fingerprint density at radius 3 is 2.34 bits per heavy atom. The molecule has 0 aliphatic carbocycles. The van der Waals surface area contributed by atoms with E-state index in [1.54, 1.807) is 13.8 Å². The molecule has 0 saturated carbocycles. The average Bonchev–Trinajstić information content (AvgIpc) is 2.85. The van der Waals surface area contributed by atoms with Gasteiger partial charge in [0.05, 0.1) is 6.54 Å². The third-order valence-corrected chi connectivity index (χ3v) is 5.48. The number of amides is 1. The SMILES string of the molecule is CC(C)C(=O)N1CC(F)(F)[C@H](C)[C@@H]1Cc1cccc(-c2cc(F)cc(F)c2)c1F. The van der Waals surface area contributed by atoms with E-state index < -0.39 is 53.7 Å². The Bertz CT molecular complexity index is 907. The summed E-state index contributed by atoms with van der Waals surface area (Å²) in [4.78, 5) is 13.6. The number of carbonyl (C=O) groups excluding carboxylic acids is 1. The van der Waals surface area contributed by atoms with E-state index in [1.165, 1.54) is 25.1 Å². The summed E-state index contributed by atoms with van der Waals surface area (Å²) in [7, 11) is 0. The molecule has 0 spiro atoms. The summed E-state index contributed by atoms with van der Waals surface area (Å²) in [5.74, 6) is -7.54. The molecular weight excluding hydrogens is 389 g/mol. The van der Waals surface area contributed by atoms with Gasteiger partial charge in [0, 0.05) is 29.5 Å². The number of alkyl halides is 2. The Kier molecular flexibility index (Phi) is 5.70. The Balaban J connectivity index is 1.98. The molecule has 1 aliphatic rings. The molecule has 2 atom stereocenters. The van der Waals surface area contributed by atoms with Crippen molar-refractivity contribution in [3.05, 3.63) is 59.4 Å². The molecular formula is C22H22F5NO. The monoisotopic (exact) mass is 411 g/mol. The lowest BCUT2D eigenvalue weighted by atomic mass is 9.91. The minimum Gasteiger partial charge on any atom is -0.333 e. The molecule has 156 valence electrons. The number of hydrogen-bond donors (Lipinski definition) is 0. The van der Waals surface area contributed by atoms with Gasteiger partial charge in [-0.1, -0.05) is 39.0 Å². The van der Waals surface area contributed by atoms with Gasteiger partial charge in [-0.15, -0.1) is 0 Å². The summed E-state index contributed by atoms with van der Waals surface area (Å²) in [5.41, 5.74) is 0.102. The second-order valence-electron chi connectivity index (χ2n) is 7.88. The lowest BCUT2D eigenvalue weighted by molar-refractivity contribution is -0.136. The van der Waals surface area contributed by atoms with E-state index in [2.05, 4.69) is 0 Å². The minimum atomic E-state index is -3.07. The van der Waals surface area contributed by atoms with Gasteiger partial charge in [-0.05, 0) is 29.7 Å². The summed E-state index contributed by atoms with van der Waals surface area (Å²) in [6.45, 7) is 3.90. The van der Waals surface area contributed by atoms with Gasteiger partial charge in [-0.25, -0.2) is 22.0 Å². The second kappa shape index (κ2) is 7.76. The van der Waals surface area contributed by atoms with Crippen molar-refractivity contribution in [3.8, 4) is 11.1 Å². The predicted molar refractivity (Wildman–Crippen MR) is 99.9 cm³/mol. The zero-order chi connectivity index (χ0) is 21.5. The van der Waals surface area contributed by atoms with Gasteiger partial charge in [0.2, 0.25) is 5.91 Å². The third kappa shape index (κ3) is 4.14. The van der Waals surface area contributed by atoms with Crippen LogP contribution in [0.1, 0.15) is 26.3 Å². The van der Waals surface area contributed by atoms with Gasteiger partial charge in [0.25, 0.3) is 5.92 Å². The largest absolute Gasteiger partial charge is 0.333 e. The highest BCUT2D eigenvalue weighted by molar-refractivity contribution is 5.79. The van der Waals surface area contributed by atoms with Crippen molar-refractivity contribution in [2.24, 2.45) is 11.8 Å². The molecule has 0 aromatic heterocycles. The maximum Gasteiger partial charge on any atom is 0.269 e. The molecule has 0 unspecified atom stereocenters. The maximum atomic E-state index is 15.1. The number of likely N-dealkylation sites (tertiary alicyclic amines) is 1. The summed E-state index contributed by atoms with van der Waals surface area (Å²) in [6, 6.07) is 6.13. The van der Waals surface area contributed by atoms with Crippen LogP contribution >= 0.6 is 0 Å². The molecule has 2 aromatic carbocycles. The Labute approximate surface area is 166 Å². The molecule has 2 aromatic rings. The molecule has 1 saturated heterocycles. The van der Waals surface area contributed by atoms with Gasteiger partial charge in [0.1, 0.15) is 17.5 Å². The number of rotatable bonds is 4. The first-order chi connectivity index (χ1) is 13.5. The molecule has 1 amide bonds. The van der Waals surface area contributed by atoms with Gasteiger partial charge in [0.15, 0.2) is 0 Å². The number of hydrogen-bond acceptors (Lipinski definition) is 1. The van der Waals surface area contributed by atoms with Crippen LogP contribution in [0.5, 0.6) is 0 Å². The van der Waals surface area contributed by atoms with E-state index in [0.29, 0.717) is 6.07 Å². The van der Waals surface area contributed by atoms with E-state index >= 15 is 4.39 Å². The molecule has 0 radical (unpaired) electrons. The van der Waals surface area contributed by atoms with Gasteiger partial charge < -0.3 is 4.90 Å². The van der Waals surface area contributed by atoms with Crippen LogP contribution in [0.2, 0.25) is 0 Å². The van der Waals surface area contributed by atoms with E-state index in [1.807, 2.05) is 0 Å². The first-order valence-electron chi connectivity index (χ1n) is 9.43. The van der Waals surface area contributed by atoms with Crippen molar-refractivity contribution >= 4 is 5.91 Å². The van der Waals surface area contributed by atoms with E-state index in [-0.39, 0.29) is 23.1 Å². The molecule has 0 bridgehead atoms. The molecule has 29 heavy (non-hydrogen) atoms.